The van der Waals surface area contributed by atoms with Crippen LogP contribution >= 0.6 is 0 Å². The minimum absolute atomic E-state index is 0.0362. The Labute approximate surface area is 160 Å². The summed E-state index contributed by atoms with van der Waals surface area (Å²) in [5.74, 6) is 0.742. The molecule has 0 N–H and O–H groups in total. The molecular weight excluding hydrogens is 302 g/mol. The van der Waals surface area contributed by atoms with Gasteiger partial charge in [-0.25, -0.2) is 0 Å². The van der Waals surface area contributed by atoms with Crippen molar-refractivity contribution in [1.82, 2.24) is 0 Å². The van der Waals surface area contributed by atoms with E-state index in [9.17, 15) is 5.26 Å². The first-order chi connectivity index (χ1) is 10.8. The van der Waals surface area contributed by atoms with Gasteiger partial charge < -0.3 is 0 Å². The number of hydrogen-bond acceptors (Lipinski definition) is 1. The van der Waals surface area contributed by atoms with Crippen molar-refractivity contribution in [1.29, 1.82) is 5.26 Å². The van der Waals surface area contributed by atoms with E-state index < -0.39 is 0 Å². The molecule has 0 saturated carbocycles. The van der Waals surface area contributed by atoms with Gasteiger partial charge in [-0.15, -0.1) is 0 Å². The summed E-state index contributed by atoms with van der Waals surface area (Å²) in [6, 6.07) is 2.60. The van der Waals surface area contributed by atoms with Crippen LogP contribution in [0.15, 0.2) is 0 Å². The van der Waals surface area contributed by atoms with Crippen molar-refractivity contribution in [2.24, 2.45) is 38.9 Å². The number of nitrogens with zero attached hydrogens (tertiary/aromatic N) is 1. The Kier molecular flexibility index (Phi) is 7.46. The molecule has 0 aromatic carbocycles. The van der Waals surface area contributed by atoms with Crippen molar-refractivity contribution in [2.75, 3.05) is 0 Å². The Bertz CT molecular complexity index is 460. The van der Waals surface area contributed by atoms with Gasteiger partial charge in [-0.3, -0.25) is 0 Å². The maximum atomic E-state index is 9.73. The highest BCUT2D eigenvalue weighted by molar-refractivity contribution is 5.00. The molecule has 0 aromatic heterocycles. The zero-order valence-electron chi connectivity index (χ0n) is 19.7. The van der Waals surface area contributed by atoms with Gasteiger partial charge in [0, 0.05) is 0 Å². The van der Waals surface area contributed by atoms with Crippen molar-refractivity contribution >= 4 is 0 Å². The van der Waals surface area contributed by atoms with E-state index in [2.05, 4.69) is 96.1 Å². The highest BCUT2D eigenvalue weighted by atomic mass is 14.5. The first kappa shape index (κ1) is 24.5. The molecule has 2 atom stereocenters. The molecule has 148 valence electrons. The molecule has 0 heterocycles. The Balaban J connectivity index is 5.64. The van der Waals surface area contributed by atoms with Crippen LogP contribution in [0.2, 0.25) is 0 Å². The van der Waals surface area contributed by atoms with Crippen LogP contribution in [0.3, 0.4) is 0 Å². The van der Waals surface area contributed by atoms with Gasteiger partial charge >= 0.3 is 0 Å². The fraction of sp³-hybridized carbons (Fsp3) is 0.958. The van der Waals surface area contributed by atoms with Gasteiger partial charge in [-0.1, -0.05) is 96.4 Å². The Morgan fingerprint density at radius 1 is 0.720 bits per heavy atom. The molecule has 0 saturated heterocycles. The second kappa shape index (κ2) is 7.62. The normalized spacial score (nSPS) is 17.1. The lowest BCUT2D eigenvalue weighted by Gasteiger charge is -2.52. The molecule has 2 unspecified atom stereocenters. The fourth-order valence-electron chi connectivity index (χ4n) is 3.70. The average molecular weight is 350 g/mol. The van der Waals surface area contributed by atoms with Crippen LogP contribution in [0.25, 0.3) is 0 Å². The van der Waals surface area contributed by atoms with E-state index in [0.717, 1.165) is 6.42 Å². The average Bonchev–Trinajstić information content (AvgIpc) is 2.39. The molecule has 1 heteroatoms. The molecule has 0 fully saturated rings. The molecule has 0 spiro atoms. The second-order valence-electron chi connectivity index (χ2n) is 12.3. The quantitative estimate of drug-likeness (QED) is 0.455. The van der Waals surface area contributed by atoms with Gasteiger partial charge in [0.15, 0.2) is 0 Å². The molecule has 0 amide bonds. The monoisotopic (exact) mass is 349 g/mol. The number of nitriles is 1. The van der Waals surface area contributed by atoms with E-state index in [1.54, 1.807) is 0 Å². The van der Waals surface area contributed by atoms with Gasteiger partial charge in [0.05, 0.1) is 12.0 Å². The van der Waals surface area contributed by atoms with E-state index in [1.165, 1.54) is 12.8 Å². The summed E-state index contributed by atoms with van der Waals surface area (Å²) >= 11 is 0. The van der Waals surface area contributed by atoms with Crippen LogP contribution in [0.4, 0.5) is 0 Å². The van der Waals surface area contributed by atoms with Crippen molar-refractivity contribution < 1.29 is 0 Å². The molecule has 1 nitrogen and oxygen atoms in total. The minimum atomic E-state index is 0.0362. The van der Waals surface area contributed by atoms with Crippen molar-refractivity contribution in [2.45, 2.75) is 109 Å². The molecular formula is C24H47N. The zero-order valence-corrected chi connectivity index (χ0v) is 19.7. The first-order valence-electron chi connectivity index (χ1n) is 10.2. The summed E-state index contributed by atoms with van der Waals surface area (Å²) < 4.78 is 0. The van der Waals surface area contributed by atoms with Crippen LogP contribution in [0.5, 0.6) is 0 Å². The third kappa shape index (κ3) is 5.74. The largest absolute Gasteiger partial charge is 0.198 e. The predicted octanol–water partition coefficient (Wildman–Crippen LogP) is 8.10. The van der Waals surface area contributed by atoms with Crippen LogP contribution in [0.1, 0.15) is 109 Å². The van der Waals surface area contributed by atoms with Crippen LogP contribution < -0.4 is 0 Å². The van der Waals surface area contributed by atoms with Crippen LogP contribution in [-0.2, 0) is 0 Å². The Morgan fingerprint density at radius 2 is 1.16 bits per heavy atom. The van der Waals surface area contributed by atoms with Crippen molar-refractivity contribution in [3.8, 4) is 6.07 Å². The lowest BCUT2D eigenvalue weighted by molar-refractivity contribution is -0.0269. The number of hydrogen-bond donors (Lipinski definition) is 0. The van der Waals surface area contributed by atoms with Gasteiger partial charge in [-0.05, 0) is 45.8 Å². The third-order valence-electron chi connectivity index (χ3n) is 7.96. The van der Waals surface area contributed by atoms with Gasteiger partial charge in [0.1, 0.15) is 0 Å². The van der Waals surface area contributed by atoms with Gasteiger partial charge in [0.2, 0.25) is 0 Å². The molecule has 25 heavy (non-hydrogen) atoms. The van der Waals surface area contributed by atoms with Crippen LogP contribution in [-0.4, -0.2) is 0 Å². The summed E-state index contributed by atoms with van der Waals surface area (Å²) in [5.41, 5.74) is 0.926. The lowest BCUT2D eigenvalue weighted by atomic mass is 9.52. The molecule has 0 aliphatic carbocycles. The SMILES string of the molecule is CCC(CC(C)(C)C(C)(C)C)C(C)(C)C(C)(C)CC(C#N)C(C)(C)C. The molecule has 0 radical (unpaired) electrons. The van der Waals surface area contributed by atoms with Crippen molar-refractivity contribution in [3.05, 3.63) is 0 Å². The molecule has 0 bridgehead atoms. The predicted molar refractivity (Wildman–Crippen MR) is 112 cm³/mol. The highest BCUT2D eigenvalue weighted by Gasteiger charge is 2.47. The lowest BCUT2D eigenvalue weighted by Crippen LogP contribution is -2.44. The fourth-order valence-corrected chi connectivity index (χ4v) is 3.70. The standard InChI is InChI=1S/C24H47N/c1-14-18(15-22(8,9)21(5,6)7)24(12,13)23(10,11)16-19(17-25)20(2,3)4/h18-19H,14-16H2,1-13H3. The minimum Gasteiger partial charge on any atom is -0.198 e. The van der Waals surface area contributed by atoms with Crippen molar-refractivity contribution in [3.63, 3.8) is 0 Å². The Hall–Kier alpha value is -0.510. The maximum absolute atomic E-state index is 9.73. The van der Waals surface area contributed by atoms with E-state index >= 15 is 0 Å². The van der Waals surface area contributed by atoms with Crippen LogP contribution in [0, 0.1) is 50.2 Å². The number of rotatable bonds is 7. The van der Waals surface area contributed by atoms with E-state index in [1.807, 2.05) is 0 Å². The van der Waals surface area contributed by atoms with E-state index in [-0.39, 0.29) is 22.2 Å². The Morgan fingerprint density at radius 3 is 1.44 bits per heavy atom. The van der Waals surface area contributed by atoms with Gasteiger partial charge in [-0.2, -0.15) is 5.26 Å². The highest BCUT2D eigenvalue weighted by Crippen LogP contribution is 2.55. The summed E-state index contributed by atoms with van der Waals surface area (Å²) in [5, 5.41) is 9.73. The molecule has 0 rings (SSSR count). The van der Waals surface area contributed by atoms with Gasteiger partial charge in [0.25, 0.3) is 0 Å². The van der Waals surface area contributed by atoms with E-state index in [0.29, 0.717) is 16.7 Å². The second-order valence-corrected chi connectivity index (χ2v) is 12.3. The summed E-state index contributed by atoms with van der Waals surface area (Å²) in [4.78, 5) is 0. The molecule has 0 aliphatic heterocycles. The topological polar surface area (TPSA) is 23.8 Å². The zero-order chi connectivity index (χ0) is 20.5. The third-order valence-corrected chi connectivity index (χ3v) is 7.96. The summed E-state index contributed by atoms with van der Waals surface area (Å²) in [7, 11) is 0. The summed E-state index contributed by atoms with van der Waals surface area (Å²) in [6.07, 6.45) is 3.39. The smallest absolute Gasteiger partial charge is 0.0661 e. The molecule has 0 aliphatic rings. The molecule has 0 aromatic rings. The first-order valence-corrected chi connectivity index (χ1v) is 10.2. The van der Waals surface area contributed by atoms with E-state index in [4.69, 9.17) is 0 Å². The summed E-state index contributed by atoms with van der Waals surface area (Å²) in [6.45, 7) is 30.5. The maximum Gasteiger partial charge on any atom is 0.0661 e.